The molecule has 0 saturated carbocycles. The SMILES string of the molecule is CCOC(=O)C[n+]1c(C)cc(C)cc1C.F[B-](F)(F)F. The fourth-order valence-corrected chi connectivity index (χ4v) is 1.72. The van der Waals surface area contributed by atoms with Crippen LogP contribution in [0.1, 0.15) is 23.9 Å². The highest BCUT2D eigenvalue weighted by molar-refractivity contribution is 6.50. The molecule has 0 saturated heterocycles. The zero-order valence-electron chi connectivity index (χ0n) is 11.9. The van der Waals surface area contributed by atoms with Crippen molar-refractivity contribution >= 4 is 13.2 Å². The van der Waals surface area contributed by atoms with Gasteiger partial charge in [0, 0.05) is 26.0 Å². The average Bonchev–Trinajstić information content (AvgIpc) is 2.21. The van der Waals surface area contributed by atoms with Gasteiger partial charge in [-0.1, -0.05) is 0 Å². The Kier molecular flexibility index (Phi) is 7.24. The number of carbonyl (C=O) groups excluding carboxylic acids is 1. The number of pyridine rings is 1. The molecule has 0 amide bonds. The Bertz CT molecular complexity index is 434. The lowest BCUT2D eigenvalue weighted by atomic mass is 10.2. The molecular formula is C12H18BF4NO2. The Morgan fingerprint density at radius 2 is 1.55 bits per heavy atom. The number of rotatable bonds is 3. The van der Waals surface area contributed by atoms with E-state index >= 15 is 0 Å². The van der Waals surface area contributed by atoms with Crippen molar-refractivity contribution in [3.8, 4) is 0 Å². The van der Waals surface area contributed by atoms with E-state index in [1.807, 2.05) is 25.3 Å². The van der Waals surface area contributed by atoms with Crippen LogP contribution in [0.5, 0.6) is 0 Å². The van der Waals surface area contributed by atoms with Crippen LogP contribution >= 0.6 is 0 Å². The number of esters is 1. The number of hydrogen-bond acceptors (Lipinski definition) is 2. The van der Waals surface area contributed by atoms with Crippen molar-refractivity contribution in [3.63, 3.8) is 0 Å². The first-order valence-electron chi connectivity index (χ1n) is 6.05. The van der Waals surface area contributed by atoms with Crippen LogP contribution in [-0.2, 0) is 16.1 Å². The summed E-state index contributed by atoms with van der Waals surface area (Å²) in [6.07, 6.45) is 0. The Morgan fingerprint density at radius 3 is 1.90 bits per heavy atom. The third-order valence-corrected chi connectivity index (χ3v) is 2.32. The summed E-state index contributed by atoms with van der Waals surface area (Å²) in [6, 6.07) is 4.12. The molecule has 1 aromatic rings. The Labute approximate surface area is 115 Å². The molecule has 0 aliphatic heterocycles. The van der Waals surface area contributed by atoms with Crippen molar-refractivity contribution in [1.29, 1.82) is 0 Å². The third kappa shape index (κ3) is 8.50. The van der Waals surface area contributed by atoms with Crippen molar-refractivity contribution in [2.24, 2.45) is 0 Å². The maximum Gasteiger partial charge on any atom is 0.673 e. The maximum atomic E-state index is 11.4. The van der Waals surface area contributed by atoms with Crippen LogP contribution in [0.2, 0.25) is 0 Å². The Balaban J connectivity index is 0.000000621. The standard InChI is InChI=1S/C12H18NO2.BF4/c1-5-15-12(14)8-13-10(3)6-9(2)7-11(13)4;2-1(3,4)5/h6-7H,5,8H2,1-4H3;/q+1;-1. The highest BCUT2D eigenvalue weighted by atomic mass is 19.5. The summed E-state index contributed by atoms with van der Waals surface area (Å²) in [5, 5.41) is 0. The molecule has 0 radical (unpaired) electrons. The maximum absolute atomic E-state index is 11.4. The predicted octanol–water partition coefficient (Wildman–Crippen LogP) is 2.76. The first-order valence-corrected chi connectivity index (χ1v) is 6.05. The number of ether oxygens (including phenoxy) is 1. The van der Waals surface area contributed by atoms with E-state index in [4.69, 9.17) is 4.74 Å². The van der Waals surface area contributed by atoms with Crippen LogP contribution in [0.4, 0.5) is 17.3 Å². The first-order chi connectivity index (χ1) is 9.04. The molecule has 1 heterocycles. The number of aromatic nitrogens is 1. The monoisotopic (exact) mass is 295 g/mol. The third-order valence-electron chi connectivity index (χ3n) is 2.32. The number of carbonyl (C=O) groups is 1. The predicted molar refractivity (Wildman–Crippen MR) is 67.7 cm³/mol. The van der Waals surface area contributed by atoms with E-state index in [1.165, 1.54) is 5.56 Å². The first kappa shape index (κ1) is 18.4. The molecule has 0 aliphatic rings. The molecule has 0 aliphatic carbocycles. The molecule has 20 heavy (non-hydrogen) atoms. The highest BCUT2D eigenvalue weighted by Gasteiger charge is 2.20. The van der Waals surface area contributed by atoms with Gasteiger partial charge in [0.15, 0.2) is 11.4 Å². The van der Waals surface area contributed by atoms with E-state index in [9.17, 15) is 22.1 Å². The summed E-state index contributed by atoms with van der Waals surface area (Å²) in [7, 11) is -6.00. The second-order valence-electron chi connectivity index (χ2n) is 4.20. The Morgan fingerprint density at radius 1 is 1.15 bits per heavy atom. The molecule has 0 spiro atoms. The lowest BCUT2D eigenvalue weighted by molar-refractivity contribution is -0.697. The summed E-state index contributed by atoms with van der Waals surface area (Å²) >= 11 is 0. The fourth-order valence-electron chi connectivity index (χ4n) is 1.72. The Hall–Kier alpha value is -1.60. The van der Waals surface area contributed by atoms with E-state index in [-0.39, 0.29) is 5.97 Å². The van der Waals surface area contributed by atoms with Gasteiger partial charge in [0.2, 0.25) is 6.54 Å². The zero-order valence-corrected chi connectivity index (χ0v) is 11.9. The van der Waals surface area contributed by atoms with E-state index in [0.717, 1.165) is 11.4 Å². The quantitative estimate of drug-likeness (QED) is 0.371. The summed E-state index contributed by atoms with van der Waals surface area (Å²) in [5.74, 6) is -0.183. The van der Waals surface area contributed by atoms with Gasteiger partial charge < -0.3 is 22.0 Å². The molecule has 1 aromatic heterocycles. The summed E-state index contributed by atoms with van der Waals surface area (Å²) in [5.41, 5.74) is 3.38. The molecule has 0 bridgehead atoms. The molecule has 0 unspecified atom stereocenters. The van der Waals surface area contributed by atoms with Crippen LogP contribution in [0.15, 0.2) is 12.1 Å². The van der Waals surface area contributed by atoms with Crippen molar-refractivity contribution in [3.05, 3.63) is 29.1 Å². The summed E-state index contributed by atoms with van der Waals surface area (Å²) < 4.78 is 45.9. The molecular weight excluding hydrogens is 277 g/mol. The van der Waals surface area contributed by atoms with Gasteiger partial charge in [-0.05, 0) is 19.4 Å². The number of aryl methyl sites for hydroxylation is 3. The van der Waals surface area contributed by atoms with Crippen LogP contribution < -0.4 is 4.57 Å². The molecule has 3 nitrogen and oxygen atoms in total. The second kappa shape index (κ2) is 7.86. The molecule has 8 heteroatoms. The number of halogens is 4. The molecule has 114 valence electrons. The van der Waals surface area contributed by atoms with Gasteiger partial charge in [-0.2, -0.15) is 4.57 Å². The molecule has 0 atom stereocenters. The van der Waals surface area contributed by atoms with E-state index < -0.39 is 7.25 Å². The van der Waals surface area contributed by atoms with Gasteiger partial charge in [0.1, 0.15) is 0 Å². The second-order valence-corrected chi connectivity index (χ2v) is 4.20. The van der Waals surface area contributed by atoms with Crippen LogP contribution in [0.25, 0.3) is 0 Å². The fraction of sp³-hybridized carbons (Fsp3) is 0.500. The van der Waals surface area contributed by atoms with Crippen molar-refractivity contribution in [2.45, 2.75) is 34.2 Å². The zero-order chi connectivity index (χ0) is 15.9. The molecule has 0 aromatic carbocycles. The highest BCUT2D eigenvalue weighted by Crippen LogP contribution is 2.06. The normalized spacial score (nSPS) is 10.6. The van der Waals surface area contributed by atoms with Gasteiger partial charge in [-0.25, -0.2) is 4.79 Å². The minimum absolute atomic E-state index is 0.183. The number of hydrogen-bond donors (Lipinski definition) is 0. The van der Waals surface area contributed by atoms with Crippen LogP contribution in [0.3, 0.4) is 0 Å². The van der Waals surface area contributed by atoms with Gasteiger partial charge in [0.25, 0.3) is 0 Å². The summed E-state index contributed by atoms with van der Waals surface area (Å²) in [4.78, 5) is 11.4. The van der Waals surface area contributed by atoms with Crippen LogP contribution in [0, 0.1) is 20.8 Å². The van der Waals surface area contributed by atoms with Crippen LogP contribution in [-0.4, -0.2) is 19.8 Å². The lowest BCUT2D eigenvalue weighted by Crippen LogP contribution is -2.44. The lowest BCUT2D eigenvalue weighted by Gasteiger charge is -2.04. The minimum Gasteiger partial charge on any atom is -0.461 e. The smallest absolute Gasteiger partial charge is 0.461 e. The largest absolute Gasteiger partial charge is 0.673 e. The molecule has 0 fully saturated rings. The van der Waals surface area contributed by atoms with Crippen molar-refractivity contribution in [1.82, 2.24) is 0 Å². The van der Waals surface area contributed by atoms with Gasteiger partial charge in [-0.15, -0.1) is 0 Å². The molecule has 1 rings (SSSR count). The average molecular weight is 295 g/mol. The van der Waals surface area contributed by atoms with E-state index in [1.54, 1.807) is 0 Å². The minimum atomic E-state index is -6.00. The number of nitrogens with zero attached hydrogens (tertiary/aromatic N) is 1. The van der Waals surface area contributed by atoms with E-state index in [2.05, 4.69) is 19.1 Å². The topological polar surface area (TPSA) is 30.2 Å². The van der Waals surface area contributed by atoms with E-state index in [0.29, 0.717) is 13.2 Å². The van der Waals surface area contributed by atoms with Gasteiger partial charge in [-0.3, -0.25) is 0 Å². The molecule has 0 N–H and O–H groups in total. The van der Waals surface area contributed by atoms with Crippen molar-refractivity contribution < 1.29 is 31.4 Å². The van der Waals surface area contributed by atoms with Gasteiger partial charge in [0.05, 0.1) is 6.61 Å². The summed E-state index contributed by atoms with van der Waals surface area (Å²) in [6.45, 7) is 8.60. The van der Waals surface area contributed by atoms with Crippen molar-refractivity contribution in [2.75, 3.05) is 6.61 Å². The van der Waals surface area contributed by atoms with Gasteiger partial charge >= 0.3 is 13.2 Å².